The second-order valence-electron chi connectivity index (χ2n) is 8.51. The first-order valence-corrected chi connectivity index (χ1v) is 13.1. The normalized spacial score (nSPS) is 19.6. The zero-order valence-electron chi connectivity index (χ0n) is 20.0. The lowest BCUT2D eigenvalue weighted by atomic mass is 9.84. The molecule has 0 radical (unpaired) electrons. The van der Waals surface area contributed by atoms with Crippen molar-refractivity contribution in [1.82, 2.24) is 9.62 Å². The monoisotopic (exact) mass is 552 g/mol. The molecule has 1 amide bonds. The van der Waals surface area contributed by atoms with Gasteiger partial charge in [-0.25, -0.2) is 18.0 Å². The molecule has 0 aromatic heterocycles. The van der Waals surface area contributed by atoms with E-state index >= 15 is 0 Å². The van der Waals surface area contributed by atoms with Crippen LogP contribution in [0.5, 0.6) is 0 Å². The second kappa shape index (κ2) is 10.6. The summed E-state index contributed by atoms with van der Waals surface area (Å²) in [5.74, 6) is -3.09. The first kappa shape index (κ1) is 27.3. The maximum Gasteiger partial charge on any atom is 0.511 e. The van der Waals surface area contributed by atoms with Gasteiger partial charge in [0.1, 0.15) is 11.7 Å². The van der Waals surface area contributed by atoms with Crippen molar-refractivity contribution in [2.75, 3.05) is 6.61 Å². The van der Waals surface area contributed by atoms with Crippen molar-refractivity contribution in [1.29, 1.82) is 0 Å². The van der Waals surface area contributed by atoms with Crippen molar-refractivity contribution in [3.8, 4) is 0 Å². The number of nitrogens with zero attached hydrogens (tertiary/aromatic N) is 1. The number of ether oxygens (including phenoxy) is 2. The lowest BCUT2D eigenvalue weighted by molar-refractivity contribution is -0.158. The molecule has 1 saturated heterocycles. The zero-order valence-corrected chi connectivity index (χ0v) is 20.8. The summed E-state index contributed by atoms with van der Waals surface area (Å²) in [5, 5.41) is 0. The summed E-state index contributed by atoms with van der Waals surface area (Å²) >= 11 is 0. The first-order valence-electron chi connectivity index (χ1n) is 11.6. The van der Waals surface area contributed by atoms with Crippen LogP contribution in [0, 0.1) is 0 Å². The van der Waals surface area contributed by atoms with Crippen LogP contribution in [-0.2, 0) is 33.9 Å². The minimum atomic E-state index is -5.83. The third kappa shape index (κ3) is 5.16. The lowest BCUT2D eigenvalue weighted by Gasteiger charge is -2.50. The minimum Gasteiger partial charge on any atom is -0.463 e. The van der Waals surface area contributed by atoms with E-state index in [1.54, 1.807) is 67.6 Å². The highest BCUT2D eigenvalue weighted by atomic mass is 32.2. The van der Waals surface area contributed by atoms with Crippen LogP contribution in [0.3, 0.4) is 0 Å². The van der Waals surface area contributed by atoms with Crippen LogP contribution >= 0.6 is 0 Å². The van der Waals surface area contributed by atoms with Crippen LogP contribution in [0.4, 0.5) is 13.2 Å². The molecule has 0 unspecified atom stereocenters. The van der Waals surface area contributed by atoms with Gasteiger partial charge in [-0.3, -0.25) is 9.69 Å². The van der Waals surface area contributed by atoms with E-state index in [4.69, 9.17) is 9.47 Å². The minimum absolute atomic E-state index is 0.0350. The highest BCUT2D eigenvalue weighted by Gasteiger charge is 2.58. The third-order valence-electron chi connectivity index (χ3n) is 6.17. The second-order valence-corrected chi connectivity index (χ2v) is 10.2. The molecule has 2 aromatic rings. The van der Waals surface area contributed by atoms with Crippen LogP contribution in [0.2, 0.25) is 0 Å². The fraction of sp³-hybridized carbons (Fsp3) is 0.320. The summed E-state index contributed by atoms with van der Waals surface area (Å²) < 4.78 is 74.2. The Morgan fingerprint density at radius 3 is 2.08 bits per heavy atom. The van der Waals surface area contributed by atoms with Crippen molar-refractivity contribution in [3.05, 3.63) is 83.1 Å². The number of carbonyl (C=O) groups is 3. The Kier molecular flexibility index (Phi) is 7.61. The average Bonchev–Trinajstić information content (AvgIpc) is 2.89. The van der Waals surface area contributed by atoms with Gasteiger partial charge in [0.2, 0.25) is 5.91 Å². The molecule has 2 aromatic carbocycles. The highest BCUT2D eigenvalue weighted by Crippen LogP contribution is 2.40. The van der Waals surface area contributed by atoms with Crippen molar-refractivity contribution in [3.63, 3.8) is 0 Å². The van der Waals surface area contributed by atoms with Gasteiger partial charge in [-0.1, -0.05) is 60.7 Å². The Morgan fingerprint density at radius 1 is 1.03 bits per heavy atom. The molecule has 38 heavy (non-hydrogen) atoms. The van der Waals surface area contributed by atoms with Gasteiger partial charge in [0, 0.05) is 0 Å². The number of rotatable bonds is 8. The molecule has 2 atom stereocenters. The molecule has 1 N–H and O–H groups in total. The summed E-state index contributed by atoms with van der Waals surface area (Å²) in [5.41, 5.74) is -5.12. The van der Waals surface area contributed by atoms with Gasteiger partial charge in [-0.15, -0.1) is 0 Å². The molecular weight excluding hydrogens is 529 g/mol. The lowest BCUT2D eigenvalue weighted by Crippen LogP contribution is -2.72. The number of β-lactam (4-membered cyclic amide) rings is 1. The number of nitrogens with one attached hydrogen (secondary N) is 1. The molecule has 2 heterocycles. The molecule has 202 valence electrons. The van der Waals surface area contributed by atoms with Gasteiger partial charge in [0.25, 0.3) is 0 Å². The Balaban J connectivity index is 1.69. The van der Waals surface area contributed by atoms with Gasteiger partial charge < -0.3 is 9.47 Å². The Bertz CT molecular complexity index is 1320. The highest BCUT2D eigenvalue weighted by molar-refractivity contribution is 7.90. The van der Waals surface area contributed by atoms with Gasteiger partial charge in [0.15, 0.2) is 6.10 Å². The van der Waals surface area contributed by atoms with E-state index in [2.05, 4.69) is 0 Å². The van der Waals surface area contributed by atoms with Crippen molar-refractivity contribution < 1.29 is 45.4 Å². The fourth-order valence-corrected chi connectivity index (χ4v) is 5.15. The topological polar surface area (TPSA) is 119 Å². The van der Waals surface area contributed by atoms with Crippen molar-refractivity contribution in [2.45, 2.75) is 43.5 Å². The Labute approximate surface area is 216 Å². The number of fused-ring (bicyclic) bond motifs is 1. The Hall–Kier alpha value is -3.71. The molecule has 13 heteroatoms. The average molecular weight is 553 g/mol. The summed E-state index contributed by atoms with van der Waals surface area (Å²) in [7, 11) is -5.83. The number of benzene rings is 2. The fourth-order valence-electron chi connectivity index (χ4n) is 4.42. The van der Waals surface area contributed by atoms with Crippen LogP contribution < -0.4 is 4.72 Å². The number of carbonyl (C=O) groups excluding carboxylic acids is 3. The van der Waals surface area contributed by atoms with E-state index in [9.17, 15) is 36.0 Å². The number of hydrogen-bond donors (Lipinski definition) is 1. The molecule has 2 aliphatic rings. The van der Waals surface area contributed by atoms with E-state index in [-0.39, 0.29) is 25.0 Å². The molecule has 4 rings (SSSR count). The zero-order chi connectivity index (χ0) is 27.7. The first-order chi connectivity index (χ1) is 18.0. The van der Waals surface area contributed by atoms with E-state index in [1.165, 1.54) is 4.72 Å². The smallest absolute Gasteiger partial charge is 0.463 e. The summed E-state index contributed by atoms with van der Waals surface area (Å²) in [6.07, 6.45) is -1.18. The summed E-state index contributed by atoms with van der Waals surface area (Å²) in [6.45, 7) is 1.51. The third-order valence-corrected chi connectivity index (χ3v) is 7.34. The van der Waals surface area contributed by atoms with Gasteiger partial charge in [0.05, 0.1) is 18.2 Å². The number of amides is 1. The predicted octanol–water partition coefficient (Wildman–Crippen LogP) is 2.95. The van der Waals surface area contributed by atoms with Crippen LogP contribution in [0.25, 0.3) is 0 Å². The number of halogens is 3. The number of hydrogen-bond acceptors (Lipinski definition) is 7. The largest absolute Gasteiger partial charge is 0.511 e. The van der Waals surface area contributed by atoms with Crippen molar-refractivity contribution in [2.24, 2.45) is 0 Å². The van der Waals surface area contributed by atoms with Crippen LogP contribution in [0.15, 0.2) is 71.9 Å². The number of sulfonamides is 1. The molecular formula is C25H23F3N2O7S. The molecule has 0 bridgehead atoms. The summed E-state index contributed by atoms with van der Waals surface area (Å²) in [4.78, 5) is 40.0. The van der Waals surface area contributed by atoms with Gasteiger partial charge in [-0.2, -0.15) is 17.9 Å². The molecule has 0 aliphatic carbocycles. The van der Waals surface area contributed by atoms with Crippen molar-refractivity contribution >= 4 is 27.9 Å². The summed E-state index contributed by atoms with van der Waals surface area (Å²) in [6, 6.07) is 14.4. The van der Waals surface area contributed by atoms with Crippen LogP contribution in [0.1, 0.15) is 37.0 Å². The van der Waals surface area contributed by atoms with E-state index in [1.807, 2.05) is 0 Å². The predicted molar refractivity (Wildman–Crippen MR) is 126 cm³/mol. The van der Waals surface area contributed by atoms with Crippen LogP contribution in [-0.4, -0.2) is 55.4 Å². The maximum absolute atomic E-state index is 13.6. The quantitative estimate of drug-likeness (QED) is 0.395. The number of alkyl halides is 3. The van der Waals surface area contributed by atoms with E-state index in [0.29, 0.717) is 11.1 Å². The molecule has 0 spiro atoms. The number of esters is 2. The van der Waals surface area contributed by atoms with E-state index < -0.39 is 57.3 Å². The van der Waals surface area contributed by atoms with Gasteiger partial charge >= 0.3 is 27.5 Å². The molecule has 0 saturated carbocycles. The SMILES string of the molecule is CCOC(=O)C1=C(C(=O)OC(c2ccccc2)c2ccccc2)N2C(=O)[C@@H](NS(=O)(=O)C(F)(F)F)[C@H]2CC1. The maximum atomic E-state index is 13.6. The molecule has 1 fully saturated rings. The molecule has 2 aliphatic heterocycles. The molecule has 9 nitrogen and oxygen atoms in total. The van der Waals surface area contributed by atoms with E-state index in [0.717, 1.165) is 4.90 Å². The Morgan fingerprint density at radius 2 is 1.58 bits per heavy atom. The van der Waals surface area contributed by atoms with Gasteiger partial charge in [-0.05, 0) is 30.9 Å². The standard InChI is InChI=1S/C25H23F3N2O7S/c1-2-36-23(32)17-13-14-18-19(29-38(34,35)25(26,27)28)22(31)30(18)20(17)24(33)37-21(15-9-5-3-6-10-15)16-11-7-4-8-12-16/h3-12,18-19,21,29H,2,13-14H2,1H3/t18-,19+/m1/s1.